The van der Waals surface area contributed by atoms with Gasteiger partial charge in [0.15, 0.2) is 0 Å². The van der Waals surface area contributed by atoms with Gasteiger partial charge in [-0.25, -0.2) is 0 Å². The molecule has 3 heteroatoms. The molecular weight excluding hydrogens is 206 g/mol. The Morgan fingerprint density at radius 2 is 2.27 bits per heavy atom. The van der Waals surface area contributed by atoms with Crippen LogP contribution < -0.4 is 5.32 Å². The Balaban J connectivity index is 2.02. The van der Waals surface area contributed by atoms with Crippen molar-refractivity contribution in [1.82, 2.24) is 5.32 Å². The Bertz CT molecular complexity index is 459. The molecule has 1 saturated heterocycles. The van der Waals surface area contributed by atoms with Crippen molar-refractivity contribution in [3.8, 4) is 0 Å². The van der Waals surface area contributed by atoms with Crippen molar-refractivity contribution in [3.63, 3.8) is 0 Å². The molecule has 1 aliphatic rings. The molecule has 1 unspecified atom stereocenters. The molecular formula is C12H13NOS. The van der Waals surface area contributed by atoms with Crippen LogP contribution in [0.15, 0.2) is 29.6 Å². The highest BCUT2D eigenvalue weighted by molar-refractivity contribution is 7.17. The largest absolute Gasteiger partial charge is 0.371 e. The van der Waals surface area contributed by atoms with Crippen LogP contribution in [-0.2, 0) is 4.74 Å². The molecule has 3 rings (SSSR count). The summed E-state index contributed by atoms with van der Waals surface area (Å²) in [7, 11) is 0. The molecule has 0 spiro atoms. The molecule has 0 amide bonds. The highest BCUT2D eigenvalue weighted by Crippen LogP contribution is 2.32. The molecule has 2 heterocycles. The number of morpholine rings is 1. The van der Waals surface area contributed by atoms with Crippen LogP contribution in [0.2, 0.25) is 0 Å². The van der Waals surface area contributed by atoms with Crippen LogP contribution in [0.5, 0.6) is 0 Å². The van der Waals surface area contributed by atoms with Crippen molar-refractivity contribution >= 4 is 21.4 Å². The summed E-state index contributed by atoms with van der Waals surface area (Å²) in [6, 6.07) is 8.52. The Labute approximate surface area is 92.9 Å². The Hall–Kier alpha value is -0.900. The van der Waals surface area contributed by atoms with Gasteiger partial charge in [0, 0.05) is 23.4 Å². The zero-order valence-corrected chi connectivity index (χ0v) is 9.22. The lowest BCUT2D eigenvalue weighted by atomic mass is 10.1. The first kappa shape index (κ1) is 9.33. The Kier molecular flexibility index (Phi) is 2.44. The average molecular weight is 219 g/mol. The molecule has 0 bridgehead atoms. The molecule has 1 aliphatic heterocycles. The standard InChI is InChI=1S/C12H13NOS/c1-2-4-12-9(3-1)10(8-15-12)11-7-13-5-6-14-11/h1-4,8,11,13H,5-7H2. The first-order chi connectivity index (χ1) is 7.45. The zero-order valence-electron chi connectivity index (χ0n) is 8.40. The van der Waals surface area contributed by atoms with Crippen LogP contribution >= 0.6 is 11.3 Å². The molecule has 78 valence electrons. The number of nitrogens with one attached hydrogen (secondary N) is 1. The molecule has 1 fully saturated rings. The minimum atomic E-state index is 0.231. The maximum atomic E-state index is 5.77. The second kappa shape index (κ2) is 3.93. The predicted octanol–water partition coefficient (Wildman–Crippen LogP) is 2.56. The maximum absolute atomic E-state index is 5.77. The van der Waals surface area contributed by atoms with E-state index in [1.54, 1.807) is 11.3 Å². The van der Waals surface area contributed by atoms with Crippen LogP contribution in [0.25, 0.3) is 10.1 Å². The SMILES string of the molecule is c1ccc2c(C3CNCCO3)csc2c1. The highest BCUT2D eigenvalue weighted by Gasteiger charge is 2.18. The summed E-state index contributed by atoms with van der Waals surface area (Å²) < 4.78 is 7.12. The summed E-state index contributed by atoms with van der Waals surface area (Å²) >= 11 is 1.80. The molecule has 2 nitrogen and oxygen atoms in total. The summed E-state index contributed by atoms with van der Waals surface area (Å²) in [5.41, 5.74) is 1.34. The number of ether oxygens (including phenoxy) is 1. The zero-order chi connectivity index (χ0) is 10.1. The molecule has 1 aromatic heterocycles. The monoisotopic (exact) mass is 219 g/mol. The fourth-order valence-electron chi connectivity index (χ4n) is 2.01. The van der Waals surface area contributed by atoms with Gasteiger partial charge in [-0.15, -0.1) is 11.3 Å². The number of rotatable bonds is 1. The van der Waals surface area contributed by atoms with E-state index in [4.69, 9.17) is 4.74 Å². The van der Waals surface area contributed by atoms with E-state index in [1.165, 1.54) is 15.6 Å². The lowest BCUT2D eigenvalue weighted by Crippen LogP contribution is -2.33. The van der Waals surface area contributed by atoms with Crippen LogP contribution in [0.4, 0.5) is 0 Å². The second-order valence-electron chi connectivity index (χ2n) is 3.75. The first-order valence-corrected chi connectivity index (χ1v) is 6.11. The number of fused-ring (bicyclic) bond motifs is 1. The van der Waals surface area contributed by atoms with Gasteiger partial charge in [0.05, 0.1) is 12.7 Å². The Morgan fingerprint density at radius 1 is 1.33 bits per heavy atom. The van der Waals surface area contributed by atoms with E-state index in [1.807, 2.05) is 0 Å². The number of benzene rings is 1. The van der Waals surface area contributed by atoms with Gasteiger partial charge in [-0.05, 0) is 16.8 Å². The van der Waals surface area contributed by atoms with Crippen molar-refractivity contribution in [1.29, 1.82) is 0 Å². The fraction of sp³-hybridized carbons (Fsp3) is 0.333. The van der Waals surface area contributed by atoms with Crippen molar-refractivity contribution < 1.29 is 4.74 Å². The minimum absolute atomic E-state index is 0.231. The second-order valence-corrected chi connectivity index (χ2v) is 4.66. The van der Waals surface area contributed by atoms with E-state index in [0.717, 1.165) is 19.7 Å². The third-order valence-electron chi connectivity index (χ3n) is 2.79. The van der Waals surface area contributed by atoms with Gasteiger partial charge >= 0.3 is 0 Å². The van der Waals surface area contributed by atoms with Crippen molar-refractivity contribution in [3.05, 3.63) is 35.2 Å². The minimum Gasteiger partial charge on any atom is -0.371 e. The normalized spacial score (nSPS) is 22.0. The lowest BCUT2D eigenvalue weighted by molar-refractivity contribution is 0.0288. The van der Waals surface area contributed by atoms with Gasteiger partial charge < -0.3 is 10.1 Å². The fourth-order valence-corrected chi connectivity index (χ4v) is 3.02. The molecule has 15 heavy (non-hydrogen) atoms. The molecule has 0 aliphatic carbocycles. The van der Waals surface area contributed by atoms with Crippen LogP contribution in [-0.4, -0.2) is 19.7 Å². The number of hydrogen-bond donors (Lipinski definition) is 1. The summed E-state index contributed by atoms with van der Waals surface area (Å²) in [5, 5.41) is 6.94. The predicted molar refractivity (Wildman–Crippen MR) is 63.4 cm³/mol. The van der Waals surface area contributed by atoms with Crippen molar-refractivity contribution in [2.75, 3.05) is 19.7 Å². The van der Waals surface area contributed by atoms with Gasteiger partial charge in [-0.3, -0.25) is 0 Å². The van der Waals surface area contributed by atoms with E-state index < -0.39 is 0 Å². The summed E-state index contributed by atoms with van der Waals surface area (Å²) in [6.45, 7) is 2.72. The van der Waals surface area contributed by atoms with Gasteiger partial charge in [-0.1, -0.05) is 18.2 Å². The van der Waals surface area contributed by atoms with Crippen molar-refractivity contribution in [2.24, 2.45) is 0 Å². The summed E-state index contributed by atoms with van der Waals surface area (Å²) in [6.07, 6.45) is 0.231. The number of thiophene rings is 1. The summed E-state index contributed by atoms with van der Waals surface area (Å²) in [5.74, 6) is 0. The van der Waals surface area contributed by atoms with Gasteiger partial charge in [0.25, 0.3) is 0 Å². The van der Waals surface area contributed by atoms with Gasteiger partial charge in [0.1, 0.15) is 0 Å². The first-order valence-electron chi connectivity index (χ1n) is 5.23. The van der Waals surface area contributed by atoms with Crippen LogP contribution in [0.3, 0.4) is 0 Å². The highest BCUT2D eigenvalue weighted by atomic mass is 32.1. The van der Waals surface area contributed by atoms with E-state index in [0.29, 0.717) is 0 Å². The van der Waals surface area contributed by atoms with Crippen molar-refractivity contribution in [2.45, 2.75) is 6.10 Å². The average Bonchev–Trinajstić information content (AvgIpc) is 2.74. The Morgan fingerprint density at radius 3 is 3.13 bits per heavy atom. The molecule has 1 aromatic carbocycles. The molecule has 0 radical (unpaired) electrons. The van der Waals surface area contributed by atoms with E-state index in [9.17, 15) is 0 Å². The topological polar surface area (TPSA) is 21.3 Å². The maximum Gasteiger partial charge on any atom is 0.0963 e. The van der Waals surface area contributed by atoms with Crippen LogP contribution in [0.1, 0.15) is 11.7 Å². The number of hydrogen-bond acceptors (Lipinski definition) is 3. The van der Waals surface area contributed by atoms with E-state index >= 15 is 0 Å². The molecule has 2 aromatic rings. The molecule has 1 atom stereocenters. The third kappa shape index (κ3) is 1.67. The molecule has 1 N–H and O–H groups in total. The van der Waals surface area contributed by atoms with E-state index in [-0.39, 0.29) is 6.10 Å². The lowest BCUT2D eigenvalue weighted by Gasteiger charge is -2.23. The quantitative estimate of drug-likeness (QED) is 0.796. The van der Waals surface area contributed by atoms with E-state index in [2.05, 4.69) is 35.0 Å². The third-order valence-corrected chi connectivity index (χ3v) is 3.77. The van der Waals surface area contributed by atoms with Gasteiger partial charge in [0.2, 0.25) is 0 Å². The summed E-state index contributed by atoms with van der Waals surface area (Å²) in [4.78, 5) is 0. The van der Waals surface area contributed by atoms with Crippen LogP contribution in [0, 0.1) is 0 Å². The smallest absolute Gasteiger partial charge is 0.0963 e. The molecule has 0 saturated carbocycles. The van der Waals surface area contributed by atoms with Gasteiger partial charge in [-0.2, -0.15) is 0 Å².